The third kappa shape index (κ3) is 4.25. The number of hydrogen-bond acceptors (Lipinski definition) is 4. The molecular weight excluding hydrogens is 378 g/mol. The third-order valence-corrected chi connectivity index (χ3v) is 5.51. The van der Waals surface area contributed by atoms with Gasteiger partial charge in [-0.3, -0.25) is 9.59 Å². The summed E-state index contributed by atoms with van der Waals surface area (Å²) in [6.07, 6.45) is 4.78. The fourth-order valence-corrected chi connectivity index (χ4v) is 3.68. The van der Waals surface area contributed by atoms with Gasteiger partial charge >= 0.3 is 0 Å². The molecule has 4 rings (SSSR count). The SMILES string of the molecule is Cc1ccc(NC(=O)C2CCN(C(=O)c3ccc(-n4nccc4C)cc3)CC2)nc1. The number of piperidine rings is 1. The number of likely N-dealkylation sites (tertiary alicyclic amines) is 1. The Hall–Kier alpha value is -3.48. The molecule has 2 amide bonds. The van der Waals surface area contributed by atoms with Crippen LogP contribution in [0.1, 0.15) is 34.5 Å². The van der Waals surface area contributed by atoms with Gasteiger partial charge in [-0.15, -0.1) is 0 Å². The van der Waals surface area contributed by atoms with Gasteiger partial charge in [0, 0.05) is 42.7 Å². The third-order valence-electron chi connectivity index (χ3n) is 5.51. The molecule has 3 heterocycles. The lowest BCUT2D eigenvalue weighted by atomic mass is 9.95. The van der Waals surface area contributed by atoms with Crippen LogP contribution in [0.3, 0.4) is 0 Å². The quantitative estimate of drug-likeness (QED) is 0.724. The highest BCUT2D eigenvalue weighted by atomic mass is 16.2. The second-order valence-electron chi connectivity index (χ2n) is 7.71. The molecule has 30 heavy (non-hydrogen) atoms. The zero-order valence-electron chi connectivity index (χ0n) is 17.2. The second-order valence-corrected chi connectivity index (χ2v) is 7.71. The van der Waals surface area contributed by atoms with E-state index in [1.807, 2.05) is 59.8 Å². The van der Waals surface area contributed by atoms with E-state index in [0.717, 1.165) is 16.9 Å². The number of aromatic nitrogens is 3. The van der Waals surface area contributed by atoms with Crippen LogP contribution in [-0.2, 0) is 4.79 Å². The van der Waals surface area contributed by atoms with E-state index in [1.54, 1.807) is 18.5 Å². The number of hydrogen-bond donors (Lipinski definition) is 1. The first-order valence-corrected chi connectivity index (χ1v) is 10.1. The van der Waals surface area contributed by atoms with Gasteiger partial charge < -0.3 is 10.2 Å². The number of anilines is 1. The van der Waals surface area contributed by atoms with Gasteiger partial charge in [0.05, 0.1) is 5.69 Å². The van der Waals surface area contributed by atoms with Gasteiger partial charge in [-0.2, -0.15) is 5.10 Å². The molecule has 1 aromatic carbocycles. The molecule has 1 fully saturated rings. The minimum atomic E-state index is -0.109. The fourth-order valence-electron chi connectivity index (χ4n) is 3.68. The lowest BCUT2D eigenvalue weighted by Gasteiger charge is -2.31. The van der Waals surface area contributed by atoms with E-state index in [9.17, 15) is 9.59 Å². The van der Waals surface area contributed by atoms with Crippen molar-refractivity contribution < 1.29 is 9.59 Å². The van der Waals surface area contributed by atoms with Crippen LogP contribution in [-0.4, -0.2) is 44.6 Å². The molecule has 1 saturated heterocycles. The Morgan fingerprint density at radius 2 is 1.73 bits per heavy atom. The summed E-state index contributed by atoms with van der Waals surface area (Å²) in [6.45, 7) is 5.08. The molecule has 7 nitrogen and oxygen atoms in total. The zero-order chi connectivity index (χ0) is 21.1. The van der Waals surface area contributed by atoms with Gasteiger partial charge in [0.15, 0.2) is 0 Å². The van der Waals surface area contributed by atoms with Gasteiger partial charge in [-0.25, -0.2) is 9.67 Å². The van der Waals surface area contributed by atoms with Crippen molar-refractivity contribution >= 4 is 17.6 Å². The Kier molecular flexibility index (Phi) is 5.61. The standard InChI is InChI=1S/C23H25N5O2/c1-16-3-8-21(24-15-16)26-22(29)18-10-13-27(14-11-18)23(30)19-4-6-20(7-5-19)28-17(2)9-12-25-28/h3-9,12,15,18H,10-11,13-14H2,1-2H3,(H,24,26,29). The van der Waals surface area contributed by atoms with Gasteiger partial charge in [-0.1, -0.05) is 6.07 Å². The highest BCUT2D eigenvalue weighted by molar-refractivity contribution is 5.95. The van der Waals surface area contributed by atoms with Crippen LogP contribution < -0.4 is 5.32 Å². The van der Waals surface area contributed by atoms with Gasteiger partial charge in [0.25, 0.3) is 5.91 Å². The summed E-state index contributed by atoms with van der Waals surface area (Å²) in [6, 6.07) is 13.1. The Balaban J connectivity index is 1.33. The Morgan fingerprint density at radius 1 is 1.00 bits per heavy atom. The average Bonchev–Trinajstić information content (AvgIpc) is 3.21. The van der Waals surface area contributed by atoms with Crippen molar-refractivity contribution in [1.29, 1.82) is 0 Å². The number of benzene rings is 1. The van der Waals surface area contributed by atoms with Crippen LogP contribution in [0.5, 0.6) is 0 Å². The number of nitrogens with one attached hydrogen (secondary N) is 1. The minimum absolute atomic E-state index is 0.00204. The lowest BCUT2D eigenvalue weighted by Crippen LogP contribution is -2.41. The number of carbonyl (C=O) groups excluding carboxylic acids is 2. The van der Waals surface area contributed by atoms with E-state index >= 15 is 0 Å². The van der Waals surface area contributed by atoms with Gasteiger partial charge in [0.2, 0.25) is 5.91 Å². The number of pyridine rings is 1. The van der Waals surface area contributed by atoms with Crippen molar-refractivity contribution in [3.63, 3.8) is 0 Å². The van der Waals surface area contributed by atoms with E-state index in [0.29, 0.717) is 37.3 Å². The van der Waals surface area contributed by atoms with Crippen molar-refractivity contribution in [2.24, 2.45) is 5.92 Å². The fraction of sp³-hybridized carbons (Fsp3) is 0.304. The largest absolute Gasteiger partial charge is 0.339 e. The maximum Gasteiger partial charge on any atom is 0.253 e. The Morgan fingerprint density at radius 3 is 2.33 bits per heavy atom. The smallest absolute Gasteiger partial charge is 0.253 e. The van der Waals surface area contributed by atoms with Crippen LogP contribution in [0, 0.1) is 19.8 Å². The van der Waals surface area contributed by atoms with Crippen LogP contribution in [0.15, 0.2) is 54.9 Å². The van der Waals surface area contributed by atoms with E-state index < -0.39 is 0 Å². The van der Waals surface area contributed by atoms with Crippen molar-refractivity contribution in [2.45, 2.75) is 26.7 Å². The molecule has 0 radical (unpaired) electrons. The number of amides is 2. The highest BCUT2D eigenvalue weighted by Gasteiger charge is 2.28. The summed E-state index contributed by atoms with van der Waals surface area (Å²) in [5.74, 6) is 0.425. The summed E-state index contributed by atoms with van der Waals surface area (Å²) >= 11 is 0. The number of rotatable bonds is 4. The van der Waals surface area contributed by atoms with Crippen LogP contribution in [0.4, 0.5) is 5.82 Å². The zero-order valence-corrected chi connectivity index (χ0v) is 17.2. The molecule has 0 aliphatic carbocycles. The molecule has 0 saturated carbocycles. The Labute approximate surface area is 175 Å². The molecule has 154 valence electrons. The average molecular weight is 403 g/mol. The van der Waals surface area contributed by atoms with E-state index in [-0.39, 0.29) is 17.7 Å². The lowest BCUT2D eigenvalue weighted by molar-refractivity contribution is -0.121. The first kappa shape index (κ1) is 19.8. The summed E-state index contributed by atoms with van der Waals surface area (Å²) < 4.78 is 1.83. The number of carbonyl (C=O) groups is 2. The minimum Gasteiger partial charge on any atom is -0.339 e. The first-order chi connectivity index (χ1) is 14.5. The monoisotopic (exact) mass is 403 g/mol. The molecule has 1 aliphatic heterocycles. The first-order valence-electron chi connectivity index (χ1n) is 10.1. The van der Waals surface area contributed by atoms with Crippen molar-refractivity contribution in [1.82, 2.24) is 19.7 Å². The van der Waals surface area contributed by atoms with E-state index in [4.69, 9.17) is 0 Å². The maximum atomic E-state index is 12.9. The van der Waals surface area contributed by atoms with Gasteiger partial charge in [0.1, 0.15) is 5.82 Å². The number of aryl methyl sites for hydroxylation is 2. The molecule has 3 aromatic rings. The van der Waals surface area contributed by atoms with Crippen molar-refractivity contribution in [3.05, 3.63) is 71.7 Å². The summed E-state index contributed by atoms with van der Waals surface area (Å²) in [5, 5.41) is 7.17. The summed E-state index contributed by atoms with van der Waals surface area (Å²) in [5.41, 5.74) is 3.66. The molecule has 0 spiro atoms. The van der Waals surface area contributed by atoms with E-state index in [1.165, 1.54) is 0 Å². The van der Waals surface area contributed by atoms with Crippen molar-refractivity contribution in [3.8, 4) is 5.69 Å². The maximum absolute atomic E-state index is 12.9. The molecular formula is C23H25N5O2. The predicted octanol–water partition coefficient (Wildman–Crippen LogP) is 3.38. The molecule has 2 aromatic heterocycles. The van der Waals surface area contributed by atoms with E-state index in [2.05, 4.69) is 15.4 Å². The van der Waals surface area contributed by atoms with Crippen LogP contribution in [0.25, 0.3) is 5.69 Å². The molecule has 7 heteroatoms. The van der Waals surface area contributed by atoms with Crippen LogP contribution >= 0.6 is 0 Å². The molecule has 0 atom stereocenters. The van der Waals surface area contributed by atoms with Crippen LogP contribution in [0.2, 0.25) is 0 Å². The molecule has 0 unspecified atom stereocenters. The Bertz CT molecular complexity index is 1030. The number of nitrogens with zero attached hydrogens (tertiary/aromatic N) is 4. The highest BCUT2D eigenvalue weighted by Crippen LogP contribution is 2.21. The normalized spacial score (nSPS) is 14.5. The topological polar surface area (TPSA) is 80.1 Å². The predicted molar refractivity (Wildman–Crippen MR) is 115 cm³/mol. The summed E-state index contributed by atoms with van der Waals surface area (Å²) in [4.78, 5) is 31.4. The van der Waals surface area contributed by atoms with Crippen molar-refractivity contribution in [2.75, 3.05) is 18.4 Å². The molecule has 1 aliphatic rings. The second kappa shape index (κ2) is 8.49. The summed E-state index contributed by atoms with van der Waals surface area (Å²) in [7, 11) is 0. The van der Waals surface area contributed by atoms with Gasteiger partial charge in [-0.05, 0) is 68.7 Å². The molecule has 0 bridgehead atoms. The molecule has 1 N–H and O–H groups in total.